The molecule has 2 aliphatic heterocycles. The molecular weight excluding hydrogens is 374 g/mol. The van der Waals surface area contributed by atoms with Crippen molar-refractivity contribution in [2.75, 3.05) is 36.0 Å². The molecule has 8 nitrogen and oxygen atoms in total. The van der Waals surface area contributed by atoms with Crippen LogP contribution in [0.3, 0.4) is 0 Å². The number of nitrogens with zero attached hydrogens (tertiary/aromatic N) is 2. The van der Waals surface area contributed by atoms with Crippen molar-refractivity contribution in [1.82, 2.24) is 5.32 Å². The number of piperidine rings is 1. The average Bonchev–Trinajstić information content (AvgIpc) is 2.94. The van der Waals surface area contributed by atoms with Crippen LogP contribution in [0.4, 0.5) is 25.0 Å². The Bertz CT molecular complexity index is 829. The van der Waals surface area contributed by atoms with Crippen molar-refractivity contribution in [3.05, 3.63) is 23.8 Å². The molecule has 28 heavy (non-hydrogen) atoms. The number of cyclic esters (lactones) is 1. The lowest BCUT2D eigenvalue weighted by Gasteiger charge is -2.24. The van der Waals surface area contributed by atoms with Crippen LogP contribution in [0.5, 0.6) is 0 Å². The van der Waals surface area contributed by atoms with Gasteiger partial charge in [0.25, 0.3) is 0 Å². The Labute approximate surface area is 159 Å². The third-order valence-corrected chi connectivity index (χ3v) is 5.60. The molecule has 3 amide bonds. The van der Waals surface area contributed by atoms with Crippen LogP contribution in [-0.4, -0.2) is 50.2 Å². The van der Waals surface area contributed by atoms with Gasteiger partial charge in [0.15, 0.2) is 11.6 Å². The number of hydrogen-bond acceptors (Lipinski definition) is 5. The number of anilines is 2. The standard InChI is InChI=1S/C18H20F2N4O4/c1-8(25)22-4-10-5-24(18(27)28-10)9-2-13(19)16(14(20)3-9)23-6-11-12(7-23)15(11)17(21)26/h2-3,10-12,15H,4-7H2,1H3,(H2,21,26)(H,22,25)/t10-,11?,12?,15?/m0/s1. The lowest BCUT2D eigenvalue weighted by Crippen LogP contribution is -2.33. The predicted molar refractivity (Wildman–Crippen MR) is 94.5 cm³/mol. The van der Waals surface area contributed by atoms with E-state index in [-0.39, 0.29) is 54.0 Å². The zero-order valence-electron chi connectivity index (χ0n) is 15.2. The third-order valence-electron chi connectivity index (χ3n) is 5.60. The molecule has 1 aromatic rings. The lowest BCUT2D eigenvalue weighted by molar-refractivity contribution is -0.120. The summed E-state index contributed by atoms with van der Waals surface area (Å²) in [6.45, 7) is 2.28. The van der Waals surface area contributed by atoms with Crippen LogP contribution in [0.1, 0.15) is 6.92 Å². The zero-order valence-corrected chi connectivity index (χ0v) is 15.2. The largest absolute Gasteiger partial charge is 0.442 e. The molecule has 1 aliphatic carbocycles. The van der Waals surface area contributed by atoms with Crippen molar-refractivity contribution < 1.29 is 27.9 Å². The van der Waals surface area contributed by atoms with E-state index in [1.165, 1.54) is 6.92 Å². The van der Waals surface area contributed by atoms with Crippen LogP contribution in [0.2, 0.25) is 0 Å². The Morgan fingerprint density at radius 1 is 1.21 bits per heavy atom. The van der Waals surface area contributed by atoms with Gasteiger partial charge in [-0.3, -0.25) is 14.5 Å². The first kappa shape index (κ1) is 18.5. The number of carbonyl (C=O) groups is 3. The van der Waals surface area contributed by atoms with Gasteiger partial charge >= 0.3 is 6.09 Å². The van der Waals surface area contributed by atoms with Gasteiger partial charge in [-0.25, -0.2) is 13.6 Å². The summed E-state index contributed by atoms with van der Waals surface area (Å²) in [5.41, 5.74) is 5.19. The summed E-state index contributed by atoms with van der Waals surface area (Å²) in [6.07, 6.45) is -1.33. The number of carbonyl (C=O) groups excluding carboxylic acids is 3. The fourth-order valence-corrected chi connectivity index (χ4v) is 4.24. The second-order valence-electron chi connectivity index (χ2n) is 7.47. The van der Waals surface area contributed by atoms with Gasteiger partial charge in [-0.15, -0.1) is 0 Å². The van der Waals surface area contributed by atoms with Crippen molar-refractivity contribution in [2.45, 2.75) is 13.0 Å². The van der Waals surface area contributed by atoms with E-state index in [4.69, 9.17) is 10.5 Å². The van der Waals surface area contributed by atoms with Crippen LogP contribution in [-0.2, 0) is 14.3 Å². The normalized spacial score (nSPS) is 28.2. The van der Waals surface area contributed by atoms with Crippen molar-refractivity contribution >= 4 is 29.3 Å². The molecule has 3 aliphatic rings. The molecule has 2 unspecified atom stereocenters. The number of hydrogen-bond donors (Lipinski definition) is 2. The summed E-state index contributed by atoms with van der Waals surface area (Å²) in [7, 11) is 0. The van der Waals surface area contributed by atoms with Crippen LogP contribution in [0.15, 0.2) is 12.1 Å². The molecule has 1 aromatic carbocycles. The highest BCUT2D eigenvalue weighted by Crippen LogP contribution is 2.53. The molecular formula is C18H20F2N4O4. The summed E-state index contributed by atoms with van der Waals surface area (Å²) in [4.78, 5) is 37.0. The van der Waals surface area contributed by atoms with Gasteiger partial charge in [-0.2, -0.15) is 0 Å². The third kappa shape index (κ3) is 3.12. The number of amides is 3. The molecule has 0 aromatic heterocycles. The highest BCUT2D eigenvalue weighted by Gasteiger charge is 2.59. The number of halogens is 2. The number of ether oxygens (including phenoxy) is 1. The van der Waals surface area contributed by atoms with Gasteiger partial charge in [-0.05, 0) is 11.8 Å². The fraction of sp³-hybridized carbons (Fsp3) is 0.500. The van der Waals surface area contributed by atoms with Gasteiger partial charge in [-0.1, -0.05) is 0 Å². The molecule has 3 atom stereocenters. The maximum atomic E-state index is 14.7. The maximum Gasteiger partial charge on any atom is 0.414 e. The quantitative estimate of drug-likeness (QED) is 0.761. The molecule has 2 saturated heterocycles. The number of primary amides is 1. The van der Waals surface area contributed by atoms with Crippen LogP contribution < -0.4 is 20.9 Å². The molecule has 3 N–H and O–H groups in total. The van der Waals surface area contributed by atoms with Crippen molar-refractivity contribution in [2.24, 2.45) is 23.5 Å². The highest BCUT2D eigenvalue weighted by atomic mass is 19.1. The minimum atomic E-state index is -0.787. The van der Waals surface area contributed by atoms with E-state index in [1.54, 1.807) is 4.90 Å². The Morgan fingerprint density at radius 3 is 2.36 bits per heavy atom. The number of nitrogens with two attached hydrogens (primary N) is 1. The van der Waals surface area contributed by atoms with Crippen molar-refractivity contribution in [3.8, 4) is 0 Å². The van der Waals surface area contributed by atoms with Crippen LogP contribution in [0, 0.1) is 29.4 Å². The van der Waals surface area contributed by atoms with Crippen LogP contribution >= 0.6 is 0 Å². The second-order valence-corrected chi connectivity index (χ2v) is 7.47. The number of fused-ring (bicyclic) bond motifs is 1. The lowest BCUT2D eigenvalue weighted by atomic mass is 10.2. The Hall–Kier alpha value is -2.91. The summed E-state index contributed by atoms with van der Waals surface area (Å²) in [5, 5.41) is 2.54. The zero-order chi connectivity index (χ0) is 20.2. The average molecular weight is 394 g/mol. The Kier molecular flexibility index (Phi) is 4.35. The smallest absolute Gasteiger partial charge is 0.414 e. The minimum absolute atomic E-state index is 0.0408. The summed E-state index contributed by atoms with van der Waals surface area (Å²) < 4.78 is 34.5. The first-order valence-corrected chi connectivity index (χ1v) is 9.02. The van der Waals surface area contributed by atoms with Gasteiger partial charge in [0.1, 0.15) is 11.8 Å². The van der Waals surface area contributed by atoms with E-state index in [0.717, 1.165) is 17.0 Å². The van der Waals surface area contributed by atoms with E-state index >= 15 is 0 Å². The SMILES string of the molecule is CC(=O)NC[C@H]1CN(c2cc(F)c(N3CC4C(C3)C4C(N)=O)c(F)c2)C(=O)O1. The topological polar surface area (TPSA) is 105 Å². The molecule has 3 fully saturated rings. The molecule has 10 heteroatoms. The molecule has 0 bridgehead atoms. The number of benzene rings is 1. The van der Waals surface area contributed by atoms with Crippen molar-refractivity contribution in [1.29, 1.82) is 0 Å². The first-order valence-electron chi connectivity index (χ1n) is 9.02. The minimum Gasteiger partial charge on any atom is -0.442 e. The molecule has 4 rings (SSSR count). The van der Waals surface area contributed by atoms with Crippen molar-refractivity contribution in [3.63, 3.8) is 0 Å². The maximum absolute atomic E-state index is 14.7. The molecule has 150 valence electrons. The monoisotopic (exact) mass is 394 g/mol. The van der Waals surface area contributed by atoms with Gasteiger partial charge < -0.3 is 20.7 Å². The van der Waals surface area contributed by atoms with Crippen LogP contribution in [0.25, 0.3) is 0 Å². The van der Waals surface area contributed by atoms with E-state index in [1.807, 2.05) is 0 Å². The van der Waals surface area contributed by atoms with E-state index in [9.17, 15) is 23.2 Å². The number of nitrogens with one attached hydrogen (secondary N) is 1. The van der Waals surface area contributed by atoms with E-state index < -0.39 is 23.8 Å². The molecule has 0 spiro atoms. The summed E-state index contributed by atoms with van der Waals surface area (Å²) in [6, 6.07) is 2.19. The molecule has 0 radical (unpaired) electrons. The fourth-order valence-electron chi connectivity index (χ4n) is 4.24. The Morgan fingerprint density at radius 2 is 1.82 bits per heavy atom. The van der Waals surface area contributed by atoms with Gasteiger partial charge in [0.05, 0.1) is 18.8 Å². The number of rotatable bonds is 5. The predicted octanol–water partition coefficient (Wildman–Crippen LogP) is 0.594. The van der Waals surface area contributed by atoms with Gasteiger partial charge in [0, 0.05) is 38.1 Å². The molecule has 2 heterocycles. The Balaban J connectivity index is 1.47. The molecule has 1 saturated carbocycles. The summed E-state index contributed by atoms with van der Waals surface area (Å²) in [5.74, 6) is -2.33. The summed E-state index contributed by atoms with van der Waals surface area (Å²) >= 11 is 0. The second kappa shape index (κ2) is 6.61. The van der Waals surface area contributed by atoms with E-state index in [2.05, 4.69) is 5.32 Å². The first-order chi connectivity index (χ1) is 13.3. The van der Waals surface area contributed by atoms with E-state index in [0.29, 0.717) is 13.1 Å². The highest BCUT2D eigenvalue weighted by molar-refractivity contribution is 5.90. The van der Waals surface area contributed by atoms with Gasteiger partial charge in [0.2, 0.25) is 11.8 Å².